The van der Waals surface area contributed by atoms with Gasteiger partial charge in [0.15, 0.2) is 12.7 Å². The molecule has 1 saturated carbocycles. The number of nitrogens with zero attached hydrogens (tertiary/aromatic N) is 1. The summed E-state index contributed by atoms with van der Waals surface area (Å²) in [5.74, 6) is -0.410. The number of fused-ring (bicyclic) bond motifs is 1. The van der Waals surface area contributed by atoms with E-state index in [0.717, 1.165) is 38.5 Å². The Morgan fingerprint density at radius 3 is 2.67 bits per heavy atom. The van der Waals surface area contributed by atoms with Gasteiger partial charge in [0.25, 0.3) is 5.91 Å². The molecule has 3 rings (SSSR count). The Kier molecular flexibility index (Phi) is 6.00. The molecule has 1 aromatic rings. The van der Waals surface area contributed by atoms with Crippen molar-refractivity contribution < 1.29 is 19.1 Å². The minimum absolute atomic E-state index is 0.250. The maximum absolute atomic E-state index is 12.3. The van der Waals surface area contributed by atoms with E-state index >= 15 is 0 Å². The normalized spacial score (nSPS) is 18.7. The molecule has 0 aromatic heterocycles. The Hall–Kier alpha value is -2.55. The number of aryl methyl sites for hydroxylation is 2. The third-order valence-corrected chi connectivity index (χ3v) is 5.39. The number of hydrogen-bond donors (Lipinski definition) is 1. The summed E-state index contributed by atoms with van der Waals surface area (Å²) in [6.07, 6.45) is 6.49. The van der Waals surface area contributed by atoms with Crippen LogP contribution in [0.1, 0.15) is 56.6 Å². The van der Waals surface area contributed by atoms with Crippen LogP contribution in [0.25, 0.3) is 0 Å². The quantitative estimate of drug-likeness (QED) is 0.778. The Morgan fingerprint density at radius 2 is 1.93 bits per heavy atom. The third kappa shape index (κ3) is 4.79. The number of esters is 1. The molecule has 1 aromatic carbocycles. The van der Waals surface area contributed by atoms with Crippen molar-refractivity contribution in [3.05, 3.63) is 29.3 Å². The van der Waals surface area contributed by atoms with Crippen molar-refractivity contribution in [3.8, 4) is 11.8 Å². The Balaban J connectivity index is 1.47. The van der Waals surface area contributed by atoms with Gasteiger partial charge >= 0.3 is 5.97 Å². The van der Waals surface area contributed by atoms with Crippen molar-refractivity contribution in [2.75, 3.05) is 6.61 Å². The fourth-order valence-corrected chi connectivity index (χ4v) is 3.82. The van der Waals surface area contributed by atoms with Gasteiger partial charge in [-0.15, -0.1) is 0 Å². The molecule has 2 aliphatic carbocycles. The first-order valence-corrected chi connectivity index (χ1v) is 9.69. The molecule has 1 atom stereocenters. The lowest BCUT2D eigenvalue weighted by Crippen LogP contribution is -2.52. The monoisotopic (exact) mass is 370 g/mol. The first-order chi connectivity index (χ1) is 13.0. The van der Waals surface area contributed by atoms with Gasteiger partial charge in [-0.05, 0) is 62.3 Å². The van der Waals surface area contributed by atoms with Gasteiger partial charge in [-0.1, -0.05) is 25.3 Å². The van der Waals surface area contributed by atoms with E-state index in [0.29, 0.717) is 18.6 Å². The van der Waals surface area contributed by atoms with Crippen molar-refractivity contribution in [2.24, 2.45) is 0 Å². The molecule has 0 unspecified atom stereocenters. The van der Waals surface area contributed by atoms with E-state index < -0.39 is 23.5 Å². The van der Waals surface area contributed by atoms with Gasteiger partial charge in [0, 0.05) is 0 Å². The molecule has 1 amide bonds. The minimum Gasteiger partial charge on any atom is -0.482 e. The molecule has 27 heavy (non-hydrogen) atoms. The highest BCUT2D eigenvalue weighted by atomic mass is 16.6. The maximum atomic E-state index is 12.3. The molecule has 0 radical (unpaired) electrons. The summed E-state index contributed by atoms with van der Waals surface area (Å²) in [5, 5.41) is 12.2. The van der Waals surface area contributed by atoms with Gasteiger partial charge in [-0.2, -0.15) is 5.26 Å². The van der Waals surface area contributed by atoms with Crippen LogP contribution in [0, 0.1) is 11.3 Å². The number of carbonyl (C=O) groups excluding carboxylic acids is 2. The van der Waals surface area contributed by atoms with Gasteiger partial charge in [-0.25, -0.2) is 4.79 Å². The predicted octanol–water partition coefficient (Wildman–Crippen LogP) is 2.83. The second-order valence-electron chi connectivity index (χ2n) is 7.45. The molecule has 1 fully saturated rings. The summed E-state index contributed by atoms with van der Waals surface area (Å²) < 4.78 is 10.7. The lowest BCUT2D eigenvalue weighted by Gasteiger charge is -2.32. The van der Waals surface area contributed by atoms with E-state index in [-0.39, 0.29) is 6.61 Å². The first-order valence-electron chi connectivity index (χ1n) is 9.69. The summed E-state index contributed by atoms with van der Waals surface area (Å²) >= 11 is 0. The smallest absolute Gasteiger partial charge is 0.344 e. The molecule has 0 spiro atoms. The maximum Gasteiger partial charge on any atom is 0.344 e. The van der Waals surface area contributed by atoms with Crippen LogP contribution >= 0.6 is 0 Å². The highest BCUT2D eigenvalue weighted by Gasteiger charge is 2.35. The molecular weight excluding hydrogens is 344 g/mol. The van der Waals surface area contributed by atoms with Gasteiger partial charge in [0.05, 0.1) is 6.07 Å². The van der Waals surface area contributed by atoms with Crippen LogP contribution in [-0.4, -0.2) is 30.1 Å². The number of carbonyl (C=O) groups is 2. The van der Waals surface area contributed by atoms with Gasteiger partial charge < -0.3 is 14.8 Å². The molecule has 0 aliphatic heterocycles. The highest BCUT2D eigenvalue weighted by molar-refractivity contribution is 5.84. The zero-order valence-corrected chi connectivity index (χ0v) is 15.8. The second kappa shape index (κ2) is 8.43. The van der Waals surface area contributed by atoms with Gasteiger partial charge in [-0.3, -0.25) is 4.79 Å². The molecular formula is C21H26N2O4. The highest BCUT2D eigenvalue weighted by Crippen LogP contribution is 2.28. The zero-order valence-electron chi connectivity index (χ0n) is 15.8. The third-order valence-electron chi connectivity index (χ3n) is 5.39. The van der Waals surface area contributed by atoms with Crippen LogP contribution in [0.5, 0.6) is 5.75 Å². The van der Waals surface area contributed by atoms with Crippen molar-refractivity contribution >= 4 is 11.9 Å². The average molecular weight is 370 g/mol. The molecule has 0 bridgehead atoms. The van der Waals surface area contributed by atoms with Crippen molar-refractivity contribution in [1.29, 1.82) is 5.26 Å². The van der Waals surface area contributed by atoms with E-state index in [1.54, 1.807) is 0 Å². The zero-order chi connectivity index (χ0) is 19.3. The predicted molar refractivity (Wildman–Crippen MR) is 99.1 cm³/mol. The molecule has 0 heterocycles. The van der Waals surface area contributed by atoms with Crippen LogP contribution in [0.2, 0.25) is 0 Å². The molecule has 144 valence electrons. The lowest BCUT2D eigenvalue weighted by molar-refractivity contribution is -0.157. The van der Waals surface area contributed by atoms with E-state index in [9.17, 15) is 14.9 Å². The van der Waals surface area contributed by atoms with Crippen molar-refractivity contribution in [3.63, 3.8) is 0 Å². The molecule has 2 aliphatic rings. The van der Waals surface area contributed by atoms with E-state index in [2.05, 4.69) is 11.4 Å². The minimum atomic E-state index is -0.965. The molecule has 1 N–H and O–H groups in total. The lowest BCUT2D eigenvalue weighted by atomic mass is 9.83. The fourth-order valence-electron chi connectivity index (χ4n) is 3.82. The van der Waals surface area contributed by atoms with Crippen LogP contribution in [0.4, 0.5) is 0 Å². The second-order valence-corrected chi connectivity index (χ2v) is 7.45. The number of nitrogens with one attached hydrogen (secondary N) is 1. The van der Waals surface area contributed by atoms with Gasteiger partial charge in [0.1, 0.15) is 11.3 Å². The Morgan fingerprint density at radius 1 is 1.19 bits per heavy atom. The summed E-state index contributed by atoms with van der Waals surface area (Å²) in [7, 11) is 0. The van der Waals surface area contributed by atoms with E-state index in [1.807, 2.05) is 18.2 Å². The van der Waals surface area contributed by atoms with Crippen LogP contribution in [0.15, 0.2) is 18.2 Å². The SMILES string of the molecule is C[C@@H](OC(=O)COc1ccc2c(c1)CCC2)C(=O)NC1(C#N)CCCCC1. The Bertz CT molecular complexity index is 747. The summed E-state index contributed by atoms with van der Waals surface area (Å²) in [6.45, 7) is 1.26. The first kappa shape index (κ1) is 19.2. The number of benzene rings is 1. The fraction of sp³-hybridized carbons (Fsp3) is 0.571. The van der Waals surface area contributed by atoms with E-state index in [4.69, 9.17) is 9.47 Å². The Labute approximate surface area is 159 Å². The molecule has 6 heteroatoms. The number of rotatable bonds is 6. The molecule has 6 nitrogen and oxygen atoms in total. The molecule has 0 saturated heterocycles. The summed E-state index contributed by atoms with van der Waals surface area (Å²) in [5.41, 5.74) is 1.77. The van der Waals surface area contributed by atoms with Crippen molar-refractivity contribution in [1.82, 2.24) is 5.32 Å². The number of nitriles is 1. The number of amides is 1. The topological polar surface area (TPSA) is 88.4 Å². The van der Waals surface area contributed by atoms with Crippen molar-refractivity contribution in [2.45, 2.75) is 69.9 Å². The van der Waals surface area contributed by atoms with Crippen LogP contribution < -0.4 is 10.1 Å². The van der Waals surface area contributed by atoms with Crippen LogP contribution in [-0.2, 0) is 27.2 Å². The average Bonchev–Trinajstić information content (AvgIpc) is 3.15. The largest absolute Gasteiger partial charge is 0.482 e. The van der Waals surface area contributed by atoms with Gasteiger partial charge in [0.2, 0.25) is 0 Å². The van der Waals surface area contributed by atoms with Crippen LogP contribution in [0.3, 0.4) is 0 Å². The number of hydrogen-bond acceptors (Lipinski definition) is 5. The summed E-state index contributed by atoms with van der Waals surface area (Å²) in [4.78, 5) is 24.3. The van der Waals surface area contributed by atoms with E-state index in [1.165, 1.54) is 18.1 Å². The summed E-state index contributed by atoms with van der Waals surface area (Å²) in [6, 6.07) is 8.08. The standard InChI is InChI=1S/C21H26N2O4/c1-15(20(25)23-21(14-22)10-3-2-4-11-21)27-19(24)13-26-18-9-8-16-6-5-7-17(16)12-18/h8-9,12,15H,2-7,10-11,13H2,1H3,(H,23,25)/t15-/m1/s1. The number of ether oxygens (including phenoxy) is 2.